The van der Waals surface area contributed by atoms with E-state index in [0.717, 1.165) is 24.3 Å². The molecule has 0 fully saturated rings. The van der Waals surface area contributed by atoms with Crippen LogP contribution < -0.4 is 10.5 Å². The Kier molecular flexibility index (Phi) is 5.33. The summed E-state index contributed by atoms with van der Waals surface area (Å²) in [5.41, 5.74) is 8.27. The minimum atomic E-state index is 0.0288. The van der Waals surface area contributed by atoms with Gasteiger partial charge < -0.3 is 10.5 Å². The van der Waals surface area contributed by atoms with Crippen LogP contribution in [0.3, 0.4) is 0 Å². The van der Waals surface area contributed by atoms with E-state index in [-0.39, 0.29) is 6.04 Å². The number of ether oxygens (including phenoxy) is 1. The predicted molar refractivity (Wildman–Crippen MR) is 68.8 cm³/mol. The number of nitrogens with two attached hydrogens (primary N) is 1. The summed E-state index contributed by atoms with van der Waals surface area (Å²) in [7, 11) is 0. The average Bonchev–Trinajstić information content (AvgIpc) is 2.26. The molecule has 0 heterocycles. The van der Waals surface area contributed by atoms with Crippen LogP contribution in [-0.4, -0.2) is 6.61 Å². The maximum absolute atomic E-state index is 5.93. The summed E-state index contributed by atoms with van der Waals surface area (Å²) in [5.74, 6) is 0.941. The van der Waals surface area contributed by atoms with Gasteiger partial charge in [0.05, 0.1) is 6.61 Å². The molecule has 2 N–H and O–H groups in total. The molecule has 0 aromatic heterocycles. The first-order valence-corrected chi connectivity index (χ1v) is 6.14. The highest BCUT2D eigenvalue weighted by Crippen LogP contribution is 2.25. The normalized spacial score (nSPS) is 12.5. The van der Waals surface area contributed by atoms with E-state index in [4.69, 9.17) is 10.5 Å². The molecule has 0 radical (unpaired) electrons. The minimum absolute atomic E-state index is 0.0288. The SMILES string of the molecule is CCCCCOc1ccc(C)cc1C(C)N. The van der Waals surface area contributed by atoms with Gasteiger partial charge in [-0.2, -0.15) is 0 Å². The lowest BCUT2D eigenvalue weighted by molar-refractivity contribution is 0.302. The minimum Gasteiger partial charge on any atom is -0.493 e. The molecule has 0 saturated heterocycles. The Balaban J connectivity index is 2.64. The summed E-state index contributed by atoms with van der Waals surface area (Å²) < 4.78 is 5.78. The molecular formula is C14H23NO. The third-order valence-corrected chi connectivity index (χ3v) is 2.66. The van der Waals surface area contributed by atoms with E-state index in [9.17, 15) is 0 Å². The second-order valence-electron chi connectivity index (χ2n) is 4.39. The Labute approximate surface area is 98.8 Å². The van der Waals surface area contributed by atoms with Gasteiger partial charge in [0.25, 0.3) is 0 Å². The van der Waals surface area contributed by atoms with Gasteiger partial charge in [-0.15, -0.1) is 0 Å². The van der Waals surface area contributed by atoms with Gasteiger partial charge >= 0.3 is 0 Å². The van der Waals surface area contributed by atoms with Gasteiger partial charge in [-0.1, -0.05) is 37.5 Å². The van der Waals surface area contributed by atoms with E-state index in [1.165, 1.54) is 18.4 Å². The van der Waals surface area contributed by atoms with Gasteiger partial charge in [-0.3, -0.25) is 0 Å². The number of benzene rings is 1. The second-order valence-corrected chi connectivity index (χ2v) is 4.39. The molecule has 1 atom stereocenters. The fourth-order valence-electron chi connectivity index (χ4n) is 1.69. The Hall–Kier alpha value is -1.02. The summed E-state index contributed by atoms with van der Waals surface area (Å²) in [6.07, 6.45) is 3.56. The number of hydrogen-bond acceptors (Lipinski definition) is 2. The standard InChI is InChI=1S/C14H23NO/c1-4-5-6-9-16-14-8-7-11(2)10-13(14)12(3)15/h7-8,10,12H,4-6,9,15H2,1-3H3. The molecule has 0 aliphatic rings. The van der Waals surface area contributed by atoms with E-state index in [0.29, 0.717) is 0 Å². The van der Waals surface area contributed by atoms with Crippen molar-refractivity contribution in [2.24, 2.45) is 5.73 Å². The van der Waals surface area contributed by atoms with Crippen LogP contribution in [0.2, 0.25) is 0 Å². The highest BCUT2D eigenvalue weighted by Gasteiger charge is 2.07. The summed E-state index contributed by atoms with van der Waals surface area (Å²) >= 11 is 0. The van der Waals surface area contributed by atoms with Crippen molar-refractivity contribution >= 4 is 0 Å². The fourth-order valence-corrected chi connectivity index (χ4v) is 1.69. The largest absolute Gasteiger partial charge is 0.493 e. The Morgan fingerprint density at radius 1 is 1.31 bits per heavy atom. The Bertz CT molecular complexity index is 321. The van der Waals surface area contributed by atoms with Crippen LogP contribution in [0.15, 0.2) is 18.2 Å². The average molecular weight is 221 g/mol. The van der Waals surface area contributed by atoms with Crippen molar-refractivity contribution in [1.82, 2.24) is 0 Å². The fraction of sp³-hybridized carbons (Fsp3) is 0.571. The number of hydrogen-bond donors (Lipinski definition) is 1. The molecule has 1 aromatic rings. The van der Waals surface area contributed by atoms with Crippen molar-refractivity contribution in [2.45, 2.75) is 46.1 Å². The first-order valence-electron chi connectivity index (χ1n) is 6.14. The third kappa shape index (κ3) is 3.86. The van der Waals surface area contributed by atoms with E-state index >= 15 is 0 Å². The Morgan fingerprint density at radius 3 is 2.69 bits per heavy atom. The highest BCUT2D eigenvalue weighted by molar-refractivity contribution is 5.38. The molecule has 0 aliphatic carbocycles. The molecule has 0 amide bonds. The van der Waals surface area contributed by atoms with E-state index < -0.39 is 0 Å². The first-order chi connectivity index (χ1) is 7.65. The van der Waals surface area contributed by atoms with Crippen LogP contribution in [0.5, 0.6) is 5.75 Å². The van der Waals surface area contributed by atoms with Crippen molar-refractivity contribution in [3.63, 3.8) is 0 Å². The zero-order valence-electron chi connectivity index (χ0n) is 10.6. The molecule has 1 aromatic carbocycles. The van der Waals surface area contributed by atoms with Crippen LogP contribution in [0.1, 0.15) is 50.3 Å². The van der Waals surface area contributed by atoms with Crippen molar-refractivity contribution in [3.05, 3.63) is 29.3 Å². The van der Waals surface area contributed by atoms with Gasteiger partial charge in [0.15, 0.2) is 0 Å². The monoisotopic (exact) mass is 221 g/mol. The molecule has 0 spiro atoms. The zero-order chi connectivity index (χ0) is 12.0. The van der Waals surface area contributed by atoms with Crippen LogP contribution in [-0.2, 0) is 0 Å². The molecule has 2 nitrogen and oxygen atoms in total. The van der Waals surface area contributed by atoms with Crippen molar-refractivity contribution in [1.29, 1.82) is 0 Å². The van der Waals surface area contributed by atoms with Crippen LogP contribution in [0, 0.1) is 6.92 Å². The summed E-state index contributed by atoms with van der Waals surface area (Å²) in [6, 6.07) is 6.24. The smallest absolute Gasteiger partial charge is 0.124 e. The number of unbranched alkanes of at least 4 members (excludes halogenated alkanes) is 2. The van der Waals surface area contributed by atoms with Crippen molar-refractivity contribution in [3.8, 4) is 5.75 Å². The van der Waals surface area contributed by atoms with Gasteiger partial charge in [-0.05, 0) is 26.3 Å². The lowest BCUT2D eigenvalue weighted by atomic mass is 10.1. The van der Waals surface area contributed by atoms with Crippen LogP contribution in [0.25, 0.3) is 0 Å². The van der Waals surface area contributed by atoms with E-state index in [1.807, 2.05) is 13.0 Å². The molecule has 0 aliphatic heterocycles. The van der Waals surface area contributed by atoms with Crippen LogP contribution in [0.4, 0.5) is 0 Å². The molecular weight excluding hydrogens is 198 g/mol. The maximum atomic E-state index is 5.93. The van der Waals surface area contributed by atoms with Crippen molar-refractivity contribution in [2.75, 3.05) is 6.61 Å². The van der Waals surface area contributed by atoms with Crippen LogP contribution >= 0.6 is 0 Å². The quantitative estimate of drug-likeness (QED) is 0.745. The molecule has 1 rings (SSSR count). The molecule has 90 valence electrons. The van der Waals surface area contributed by atoms with Gasteiger partial charge in [-0.25, -0.2) is 0 Å². The lowest BCUT2D eigenvalue weighted by Gasteiger charge is -2.14. The van der Waals surface area contributed by atoms with E-state index in [2.05, 4.69) is 26.0 Å². The molecule has 0 saturated carbocycles. The lowest BCUT2D eigenvalue weighted by Crippen LogP contribution is -2.09. The maximum Gasteiger partial charge on any atom is 0.124 e. The summed E-state index contributed by atoms with van der Waals surface area (Å²) in [5, 5.41) is 0. The summed E-state index contributed by atoms with van der Waals surface area (Å²) in [6.45, 7) is 7.05. The molecule has 16 heavy (non-hydrogen) atoms. The number of rotatable bonds is 6. The second kappa shape index (κ2) is 6.54. The number of aryl methyl sites for hydroxylation is 1. The van der Waals surface area contributed by atoms with Gasteiger partial charge in [0.2, 0.25) is 0 Å². The third-order valence-electron chi connectivity index (χ3n) is 2.66. The molecule has 2 heteroatoms. The van der Waals surface area contributed by atoms with Crippen molar-refractivity contribution < 1.29 is 4.74 Å². The highest BCUT2D eigenvalue weighted by atomic mass is 16.5. The summed E-state index contributed by atoms with van der Waals surface area (Å²) in [4.78, 5) is 0. The Morgan fingerprint density at radius 2 is 2.06 bits per heavy atom. The van der Waals surface area contributed by atoms with E-state index in [1.54, 1.807) is 0 Å². The predicted octanol–water partition coefficient (Wildman–Crippen LogP) is 3.58. The first kappa shape index (κ1) is 13.0. The molecule has 0 bridgehead atoms. The van der Waals surface area contributed by atoms with Gasteiger partial charge in [0, 0.05) is 11.6 Å². The zero-order valence-corrected chi connectivity index (χ0v) is 10.6. The molecule has 1 unspecified atom stereocenters. The van der Waals surface area contributed by atoms with Gasteiger partial charge in [0.1, 0.15) is 5.75 Å². The topological polar surface area (TPSA) is 35.2 Å².